The van der Waals surface area contributed by atoms with E-state index in [0.717, 1.165) is 36.3 Å². The van der Waals surface area contributed by atoms with Crippen LogP contribution in [0.3, 0.4) is 0 Å². The molecule has 0 radical (unpaired) electrons. The van der Waals surface area contributed by atoms with Crippen LogP contribution in [0.25, 0.3) is 0 Å². The molecule has 24 heavy (non-hydrogen) atoms. The van der Waals surface area contributed by atoms with Gasteiger partial charge in [0, 0.05) is 24.5 Å². The lowest BCUT2D eigenvalue weighted by molar-refractivity contribution is -0.0245. The summed E-state index contributed by atoms with van der Waals surface area (Å²) in [6.07, 6.45) is 3.99. The molecule has 1 aliphatic heterocycles. The molecule has 1 atom stereocenters. The topological polar surface area (TPSA) is 81.1 Å². The van der Waals surface area contributed by atoms with Crippen molar-refractivity contribution in [3.05, 3.63) is 34.4 Å². The molecule has 0 aliphatic carbocycles. The maximum absolute atomic E-state index is 12.7. The summed E-state index contributed by atoms with van der Waals surface area (Å²) in [6, 6.07) is 1.99. The zero-order chi connectivity index (χ0) is 16.9. The fraction of sp³-hybridized carbons (Fsp3) is 0.562. The first-order valence-corrected chi connectivity index (χ1v) is 8.94. The predicted molar refractivity (Wildman–Crippen MR) is 90.0 cm³/mol. The van der Waals surface area contributed by atoms with Gasteiger partial charge in [0.15, 0.2) is 0 Å². The molecular formula is C16H21N5O2S. The molecule has 1 saturated heterocycles. The van der Waals surface area contributed by atoms with Crippen LogP contribution in [-0.2, 0) is 17.6 Å². The fourth-order valence-electron chi connectivity index (χ4n) is 2.78. The molecule has 8 heteroatoms. The van der Waals surface area contributed by atoms with Crippen LogP contribution in [0.2, 0.25) is 0 Å². The summed E-state index contributed by atoms with van der Waals surface area (Å²) in [5, 5.41) is 4.03. The average molecular weight is 347 g/mol. The molecule has 0 N–H and O–H groups in total. The number of carbonyl (C=O) groups excluding carboxylic acids is 1. The molecule has 1 aliphatic rings. The maximum atomic E-state index is 12.7. The lowest BCUT2D eigenvalue weighted by Gasteiger charge is -2.32. The SMILES string of the molecule is CCc1nnsc1C(=O)N1CCO[C@H](CCc2cc(C)ncn2)C1. The van der Waals surface area contributed by atoms with Gasteiger partial charge in [-0.25, -0.2) is 9.97 Å². The summed E-state index contributed by atoms with van der Waals surface area (Å²) in [5.41, 5.74) is 2.75. The van der Waals surface area contributed by atoms with Gasteiger partial charge in [-0.2, -0.15) is 0 Å². The van der Waals surface area contributed by atoms with Crippen LogP contribution >= 0.6 is 11.5 Å². The highest BCUT2D eigenvalue weighted by atomic mass is 32.1. The third-order valence-electron chi connectivity index (χ3n) is 4.09. The molecule has 0 spiro atoms. The molecule has 0 aromatic carbocycles. The lowest BCUT2D eigenvalue weighted by Crippen LogP contribution is -2.45. The summed E-state index contributed by atoms with van der Waals surface area (Å²) >= 11 is 1.18. The second-order valence-electron chi connectivity index (χ2n) is 5.84. The van der Waals surface area contributed by atoms with E-state index in [1.54, 1.807) is 6.33 Å². The molecule has 0 saturated carbocycles. The first kappa shape index (κ1) is 16.9. The minimum atomic E-state index is 0.0213. The normalized spacial score (nSPS) is 17.9. The van der Waals surface area contributed by atoms with Gasteiger partial charge in [-0.05, 0) is 43.8 Å². The van der Waals surface area contributed by atoms with Crippen molar-refractivity contribution in [3.8, 4) is 0 Å². The first-order chi connectivity index (χ1) is 11.7. The largest absolute Gasteiger partial charge is 0.375 e. The number of carbonyl (C=O) groups is 1. The van der Waals surface area contributed by atoms with Crippen molar-refractivity contribution >= 4 is 17.4 Å². The quantitative estimate of drug-likeness (QED) is 0.818. The number of aromatic nitrogens is 4. The Morgan fingerprint density at radius 3 is 3.12 bits per heavy atom. The minimum absolute atomic E-state index is 0.0213. The Hall–Kier alpha value is -1.93. The molecule has 2 aromatic heterocycles. The monoisotopic (exact) mass is 347 g/mol. The van der Waals surface area contributed by atoms with E-state index >= 15 is 0 Å². The molecule has 7 nitrogen and oxygen atoms in total. The van der Waals surface area contributed by atoms with Gasteiger partial charge in [0.2, 0.25) is 0 Å². The van der Waals surface area contributed by atoms with E-state index in [-0.39, 0.29) is 12.0 Å². The van der Waals surface area contributed by atoms with Gasteiger partial charge in [-0.3, -0.25) is 4.79 Å². The van der Waals surface area contributed by atoms with Crippen LogP contribution in [-0.4, -0.2) is 56.2 Å². The molecule has 0 bridgehead atoms. The van der Waals surface area contributed by atoms with E-state index in [1.807, 2.05) is 24.8 Å². The third-order valence-corrected chi connectivity index (χ3v) is 4.85. The van der Waals surface area contributed by atoms with Crippen molar-refractivity contribution in [2.24, 2.45) is 0 Å². The molecule has 2 aromatic rings. The molecular weight excluding hydrogens is 326 g/mol. The van der Waals surface area contributed by atoms with E-state index in [1.165, 1.54) is 11.5 Å². The van der Waals surface area contributed by atoms with Gasteiger partial charge in [0.1, 0.15) is 11.2 Å². The molecule has 128 valence electrons. The van der Waals surface area contributed by atoms with Gasteiger partial charge >= 0.3 is 0 Å². The van der Waals surface area contributed by atoms with Crippen molar-refractivity contribution in [3.63, 3.8) is 0 Å². The van der Waals surface area contributed by atoms with E-state index in [4.69, 9.17) is 4.74 Å². The summed E-state index contributed by atoms with van der Waals surface area (Å²) in [5.74, 6) is 0.0213. The highest BCUT2D eigenvalue weighted by molar-refractivity contribution is 7.08. The smallest absolute Gasteiger partial charge is 0.267 e. The van der Waals surface area contributed by atoms with Crippen LogP contribution in [0.15, 0.2) is 12.4 Å². The molecule has 0 unspecified atom stereocenters. The lowest BCUT2D eigenvalue weighted by atomic mass is 10.1. The summed E-state index contributed by atoms with van der Waals surface area (Å²) in [6.45, 7) is 5.72. The van der Waals surface area contributed by atoms with E-state index in [2.05, 4.69) is 19.6 Å². The van der Waals surface area contributed by atoms with Crippen molar-refractivity contribution < 1.29 is 9.53 Å². The zero-order valence-corrected chi connectivity index (χ0v) is 14.8. The van der Waals surface area contributed by atoms with Gasteiger partial charge in [0.05, 0.1) is 18.4 Å². The van der Waals surface area contributed by atoms with Crippen LogP contribution in [0.1, 0.15) is 40.1 Å². The number of aryl methyl sites for hydroxylation is 3. The highest BCUT2D eigenvalue weighted by Crippen LogP contribution is 2.18. The van der Waals surface area contributed by atoms with E-state index in [9.17, 15) is 4.79 Å². The summed E-state index contributed by atoms with van der Waals surface area (Å²) < 4.78 is 9.73. The molecule has 3 heterocycles. The third kappa shape index (κ3) is 3.93. The Bertz CT molecular complexity index is 705. The Labute approximate surface area is 145 Å². The van der Waals surface area contributed by atoms with Crippen molar-refractivity contribution in [1.82, 2.24) is 24.5 Å². The first-order valence-electron chi connectivity index (χ1n) is 8.17. The molecule has 3 rings (SSSR count). The number of nitrogens with zero attached hydrogens (tertiary/aromatic N) is 5. The van der Waals surface area contributed by atoms with Crippen LogP contribution in [0.5, 0.6) is 0 Å². The summed E-state index contributed by atoms with van der Waals surface area (Å²) in [4.78, 5) is 23.6. The van der Waals surface area contributed by atoms with Crippen LogP contribution in [0, 0.1) is 6.92 Å². The summed E-state index contributed by atoms with van der Waals surface area (Å²) in [7, 11) is 0. The van der Waals surface area contributed by atoms with Gasteiger partial charge < -0.3 is 9.64 Å². The minimum Gasteiger partial charge on any atom is -0.375 e. The molecule has 1 fully saturated rings. The second kappa shape index (κ2) is 7.76. The number of amides is 1. The number of hydrogen-bond acceptors (Lipinski definition) is 7. The van der Waals surface area contributed by atoms with Crippen molar-refractivity contribution in [2.75, 3.05) is 19.7 Å². The standard InChI is InChI=1S/C16H21N5O2S/c1-3-14-15(24-20-19-14)16(22)21-6-7-23-13(9-21)5-4-12-8-11(2)17-10-18-12/h8,10,13H,3-7,9H2,1-2H3/t13-/m1/s1. The second-order valence-corrected chi connectivity index (χ2v) is 6.59. The Morgan fingerprint density at radius 1 is 1.46 bits per heavy atom. The van der Waals surface area contributed by atoms with E-state index in [0.29, 0.717) is 24.6 Å². The maximum Gasteiger partial charge on any atom is 0.267 e. The van der Waals surface area contributed by atoms with Gasteiger partial charge in [0.25, 0.3) is 5.91 Å². The Balaban J connectivity index is 1.59. The number of ether oxygens (including phenoxy) is 1. The zero-order valence-electron chi connectivity index (χ0n) is 13.9. The Morgan fingerprint density at radius 2 is 2.33 bits per heavy atom. The van der Waals surface area contributed by atoms with Crippen molar-refractivity contribution in [2.45, 2.75) is 39.2 Å². The number of hydrogen-bond donors (Lipinski definition) is 0. The van der Waals surface area contributed by atoms with E-state index < -0.39 is 0 Å². The number of morpholine rings is 1. The fourth-order valence-corrected chi connectivity index (χ4v) is 3.50. The van der Waals surface area contributed by atoms with Gasteiger partial charge in [-0.1, -0.05) is 11.4 Å². The van der Waals surface area contributed by atoms with Gasteiger partial charge in [-0.15, -0.1) is 5.10 Å². The number of rotatable bonds is 5. The molecule has 1 amide bonds. The van der Waals surface area contributed by atoms with Crippen LogP contribution in [0.4, 0.5) is 0 Å². The average Bonchev–Trinajstić information content (AvgIpc) is 3.08. The van der Waals surface area contributed by atoms with Crippen LogP contribution < -0.4 is 0 Å². The highest BCUT2D eigenvalue weighted by Gasteiger charge is 2.27. The Kier molecular flexibility index (Phi) is 5.47. The van der Waals surface area contributed by atoms with Crippen molar-refractivity contribution in [1.29, 1.82) is 0 Å². The predicted octanol–water partition coefficient (Wildman–Crippen LogP) is 1.67.